The molecule has 0 radical (unpaired) electrons. The lowest BCUT2D eigenvalue weighted by atomic mass is 10.2. The molecule has 1 aliphatic rings. The van der Waals surface area contributed by atoms with Gasteiger partial charge in [-0.3, -0.25) is 0 Å². The van der Waals surface area contributed by atoms with Gasteiger partial charge in [-0.1, -0.05) is 0 Å². The van der Waals surface area contributed by atoms with Gasteiger partial charge in [0.1, 0.15) is 11.0 Å². The summed E-state index contributed by atoms with van der Waals surface area (Å²) in [5.74, 6) is 0. The first-order valence-corrected chi connectivity index (χ1v) is 6.51. The van der Waals surface area contributed by atoms with Gasteiger partial charge in [0.05, 0.1) is 16.6 Å². The van der Waals surface area contributed by atoms with Crippen LogP contribution in [-0.2, 0) is 17.2 Å². The van der Waals surface area contributed by atoms with Gasteiger partial charge in [-0.15, -0.1) is 0 Å². The van der Waals surface area contributed by atoms with Crippen LogP contribution in [0.25, 0.3) is 0 Å². The van der Waals surface area contributed by atoms with Gasteiger partial charge in [0.25, 0.3) is 0 Å². The fraction of sp³-hybridized carbons (Fsp3) is 0.455. The molecule has 1 aromatic carbocycles. The Kier molecular flexibility index (Phi) is 3.74. The van der Waals surface area contributed by atoms with Gasteiger partial charge in [0.15, 0.2) is 0 Å². The van der Waals surface area contributed by atoms with E-state index in [0.29, 0.717) is 17.9 Å². The van der Waals surface area contributed by atoms with Crippen LogP contribution < -0.4 is 0 Å². The van der Waals surface area contributed by atoms with Crippen LogP contribution in [0.3, 0.4) is 0 Å². The lowest BCUT2D eigenvalue weighted by Crippen LogP contribution is -2.24. The summed E-state index contributed by atoms with van der Waals surface area (Å²) in [6.45, 7) is 0.766. The van der Waals surface area contributed by atoms with Crippen molar-refractivity contribution in [2.24, 2.45) is 0 Å². The molecule has 0 bridgehead atoms. The van der Waals surface area contributed by atoms with Crippen LogP contribution in [0, 0.1) is 0 Å². The van der Waals surface area contributed by atoms with Crippen molar-refractivity contribution in [3.63, 3.8) is 0 Å². The number of benzene rings is 1. The van der Waals surface area contributed by atoms with Crippen molar-refractivity contribution in [2.45, 2.75) is 23.6 Å². The molecule has 1 N–H and O–H groups in total. The number of aliphatic hydroxyl groups is 1. The summed E-state index contributed by atoms with van der Waals surface area (Å²) < 4.78 is 50.6. The fourth-order valence-corrected chi connectivity index (χ4v) is 3.02. The first-order valence-electron chi connectivity index (χ1n) is 5.40. The summed E-state index contributed by atoms with van der Waals surface area (Å²) in [6.07, 6.45) is -4.36. The lowest BCUT2D eigenvalue weighted by molar-refractivity contribution is -0.137. The van der Waals surface area contributed by atoms with E-state index in [1.165, 1.54) is 12.1 Å². The van der Waals surface area contributed by atoms with Crippen molar-refractivity contribution >= 4 is 11.0 Å². The molecular formula is C11H12F3NO2S. The van der Waals surface area contributed by atoms with Crippen molar-refractivity contribution < 1.29 is 22.5 Å². The number of β-amino-alcohol motifs (C(OH)–C–C–N with tert-alkyl or cyclic N) is 1. The first-order chi connectivity index (χ1) is 8.38. The standard InChI is InChI=1S/C11H12F3NO2S/c12-11(13,14)8-1-3-10(4-2-8)18(17)15-6-5-9(16)7-15/h1-4,9,16H,5-7H2. The Morgan fingerprint density at radius 1 is 1.28 bits per heavy atom. The summed E-state index contributed by atoms with van der Waals surface area (Å²) in [6, 6.07) is 4.26. The molecule has 1 fully saturated rings. The van der Waals surface area contributed by atoms with E-state index in [9.17, 15) is 22.5 Å². The minimum absolute atomic E-state index is 0.285. The number of alkyl halides is 3. The summed E-state index contributed by atoms with van der Waals surface area (Å²) in [4.78, 5) is 0.317. The molecule has 7 heteroatoms. The van der Waals surface area contributed by atoms with Gasteiger partial charge in [-0.05, 0) is 30.7 Å². The zero-order valence-electron chi connectivity index (χ0n) is 9.35. The smallest absolute Gasteiger partial charge is 0.392 e. The van der Waals surface area contributed by atoms with Crippen molar-refractivity contribution in [2.75, 3.05) is 13.1 Å². The van der Waals surface area contributed by atoms with E-state index >= 15 is 0 Å². The van der Waals surface area contributed by atoms with Crippen LogP contribution in [0.4, 0.5) is 13.2 Å². The Labute approximate surface area is 105 Å². The molecule has 1 aromatic rings. The molecule has 2 atom stereocenters. The van der Waals surface area contributed by atoms with E-state index in [4.69, 9.17) is 0 Å². The van der Waals surface area contributed by atoms with Gasteiger partial charge in [0.2, 0.25) is 0 Å². The Morgan fingerprint density at radius 3 is 2.33 bits per heavy atom. The highest BCUT2D eigenvalue weighted by Gasteiger charge is 2.31. The number of hydrogen-bond donors (Lipinski definition) is 1. The van der Waals surface area contributed by atoms with Crippen LogP contribution >= 0.6 is 0 Å². The van der Waals surface area contributed by atoms with Gasteiger partial charge < -0.3 is 5.11 Å². The third-order valence-corrected chi connectivity index (χ3v) is 4.22. The summed E-state index contributed by atoms with van der Waals surface area (Å²) in [5, 5.41) is 9.32. The average Bonchev–Trinajstić information content (AvgIpc) is 2.74. The zero-order valence-corrected chi connectivity index (χ0v) is 10.2. The predicted octanol–water partition coefficient (Wildman–Crippen LogP) is 1.79. The van der Waals surface area contributed by atoms with E-state index in [1.54, 1.807) is 4.31 Å². The molecule has 0 aliphatic carbocycles. The molecule has 3 nitrogen and oxygen atoms in total. The number of hydrogen-bond acceptors (Lipinski definition) is 2. The fourth-order valence-electron chi connectivity index (χ4n) is 1.77. The second-order valence-electron chi connectivity index (χ2n) is 4.10. The molecule has 0 saturated carbocycles. The lowest BCUT2D eigenvalue weighted by Gasteiger charge is -2.14. The highest BCUT2D eigenvalue weighted by Crippen LogP contribution is 2.30. The van der Waals surface area contributed by atoms with Crippen LogP contribution in [0.1, 0.15) is 12.0 Å². The quantitative estimate of drug-likeness (QED) is 0.896. The van der Waals surface area contributed by atoms with Crippen molar-refractivity contribution in [1.82, 2.24) is 4.31 Å². The monoisotopic (exact) mass is 279 g/mol. The predicted molar refractivity (Wildman–Crippen MR) is 60.0 cm³/mol. The van der Waals surface area contributed by atoms with Crippen LogP contribution in [-0.4, -0.2) is 32.8 Å². The van der Waals surface area contributed by atoms with E-state index in [1.807, 2.05) is 0 Å². The molecule has 1 heterocycles. The SMILES string of the molecule is O=S(c1ccc(C(F)(F)F)cc1)N1CCC(O)C1. The molecule has 100 valence electrons. The number of rotatable bonds is 2. The highest BCUT2D eigenvalue weighted by atomic mass is 32.2. The van der Waals surface area contributed by atoms with Crippen molar-refractivity contribution in [3.8, 4) is 0 Å². The molecule has 1 saturated heterocycles. The second kappa shape index (κ2) is 4.99. The maximum absolute atomic E-state index is 12.4. The minimum Gasteiger partial charge on any atom is -0.392 e. The molecule has 18 heavy (non-hydrogen) atoms. The van der Waals surface area contributed by atoms with Gasteiger partial charge in [-0.25, -0.2) is 8.51 Å². The van der Waals surface area contributed by atoms with E-state index in [0.717, 1.165) is 12.1 Å². The Hall–Kier alpha value is -0.920. The Bertz CT molecular complexity index is 447. The molecular weight excluding hydrogens is 267 g/mol. The largest absolute Gasteiger partial charge is 0.416 e. The number of nitrogens with zero attached hydrogens (tertiary/aromatic N) is 1. The molecule has 2 unspecified atom stereocenters. The van der Waals surface area contributed by atoms with Crippen LogP contribution in [0.2, 0.25) is 0 Å². The topological polar surface area (TPSA) is 40.5 Å². The molecule has 2 rings (SSSR count). The zero-order chi connectivity index (χ0) is 13.3. The van der Waals surface area contributed by atoms with Gasteiger partial charge in [-0.2, -0.15) is 13.2 Å². The van der Waals surface area contributed by atoms with Crippen LogP contribution in [0.15, 0.2) is 29.2 Å². The molecule has 0 amide bonds. The minimum atomic E-state index is -4.39. The van der Waals surface area contributed by atoms with E-state index < -0.39 is 28.8 Å². The first kappa shape index (κ1) is 13.5. The number of aliphatic hydroxyl groups excluding tert-OH is 1. The Balaban J connectivity index is 2.12. The summed E-state index contributed by atoms with van der Waals surface area (Å²) in [5.41, 5.74) is -0.760. The third-order valence-electron chi connectivity index (χ3n) is 2.74. The maximum Gasteiger partial charge on any atom is 0.416 e. The van der Waals surface area contributed by atoms with Crippen molar-refractivity contribution in [1.29, 1.82) is 0 Å². The molecule has 0 spiro atoms. The Morgan fingerprint density at radius 2 is 1.89 bits per heavy atom. The number of halogens is 3. The molecule has 0 aromatic heterocycles. The normalized spacial score (nSPS) is 23.2. The van der Waals surface area contributed by atoms with E-state index in [-0.39, 0.29) is 6.54 Å². The summed E-state index contributed by atoms with van der Waals surface area (Å²) in [7, 11) is -1.51. The van der Waals surface area contributed by atoms with Crippen LogP contribution in [0.5, 0.6) is 0 Å². The van der Waals surface area contributed by atoms with E-state index in [2.05, 4.69) is 0 Å². The maximum atomic E-state index is 12.4. The summed E-state index contributed by atoms with van der Waals surface area (Å²) >= 11 is 0. The van der Waals surface area contributed by atoms with Gasteiger partial charge in [0, 0.05) is 13.1 Å². The third kappa shape index (κ3) is 2.90. The highest BCUT2D eigenvalue weighted by molar-refractivity contribution is 7.82. The average molecular weight is 279 g/mol. The van der Waals surface area contributed by atoms with Crippen molar-refractivity contribution in [3.05, 3.63) is 29.8 Å². The second-order valence-corrected chi connectivity index (χ2v) is 5.59. The van der Waals surface area contributed by atoms with Gasteiger partial charge >= 0.3 is 6.18 Å². The molecule has 1 aliphatic heterocycles.